The number of hydrogen-bond donors (Lipinski definition) is 1. The highest BCUT2D eigenvalue weighted by molar-refractivity contribution is 6.04. The van der Waals surface area contributed by atoms with Gasteiger partial charge in [-0.2, -0.15) is 0 Å². The lowest BCUT2D eigenvalue weighted by molar-refractivity contribution is -0.122. The number of carbonyl (C=O) groups is 2. The van der Waals surface area contributed by atoms with Crippen LogP contribution >= 0.6 is 0 Å². The third kappa shape index (κ3) is 3.11. The van der Waals surface area contributed by atoms with Crippen LogP contribution in [0.25, 0.3) is 10.8 Å². The minimum Gasteiger partial charge on any atom is -0.326 e. The number of carbonyl (C=O) groups excluding carboxylic acids is 2. The third-order valence-corrected chi connectivity index (χ3v) is 4.58. The van der Waals surface area contributed by atoms with E-state index < -0.39 is 0 Å². The molecule has 4 nitrogen and oxygen atoms in total. The molecule has 0 aliphatic carbocycles. The van der Waals surface area contributed by atoms with Gasteiger partial charge < -0.3 is 10.2 Å². The number of fused-ring (bicyclic) bond motifs is 1. The molecule has 124 valence electrons. The van der Waals surface area contributed by atoms with Gasteiger partial charge in [0.2, 0.25) is 11.8 Å². The molecule has 3 aromatic rings. The van der Waals surface area contributed by atoms with Crippen molar-refractivity contribution in [3.8, 4) is 0 Å². The Balaban J connectivity index is 1.48. The van der Waals surface area contributed by atoms with Gasteiger partial charge in [-0.05, 0) is 35.0 Å². The van der Waals surface area contributed by atoms with Gasteiger partial charge in [0.1, 0.15) is 0 Å². The molecular formula is C21H18N2O2. The molecule has 1 fully saturated rings. The zero-order valence-electron chi connectivity index (χ0n) is 13.7. The van der Waals surface area contributed by atoms with Crippen molar-refractivity contribution in [1.82, 2.24) is 0 Å². The summed E-state index contributed by atoms with van der Waals surface area (Å²) in [5.74, 6) is -0.453. The smallest absolute Gasteiger partial charge is 0.229 e. The van der Waals surface area contributed by atoms with Crippen molar-refractivity contribution in [3.05, 3.63) is 72.8 Å². The quantitative estimate of drug-likeness (QED) is 0.793. The van der Waals surface area contributed by atoms with Gasteiger partial charge in [-0.25, -0.2) is 0 Å². The summed E-state index contributed by atoms with van der Waals surface area (Å²) in [6, 6.07) is 23.3. The maximum absolute atomic E-state index is 12.6. The lowest BCUT2D eigenvalue weighted by Gasteiger charge is -2.16. The van der Waals surface area contributed by atoms with Crippen molar-refractivity contribution in [2.24, 2.45) is 5.92 Å². The SMILES string of the molecule is O=C(Nc1ccc2ccccc2c1)C1CC(=O)N(c2ccccc2)C1. The number of hydrogen-bond acceptors (Lipinski definition) is 2. The standard InChI is InChI=1S/C21H18N2O2/c24-20-13-17(14-23(20)19-8-2-1-3-9-19)21(25)22-18-11-10-15-6-4-5-7-16(15)12-18/h1-12,17H,13-14H2,(H,22,25). The highest BCUT2D eigenvalue weighted by Crippen LogP contribution is 2.26. The molecule has 3 aromatic carbocycles. The van der Waals surface area contributed by atoms with Gasteiger partial charge in [-0.3, -0.25) is 9.59 Å². The summed E-state index contributed by atoms with van der Waals surface area (Å²) >= 11 is 0. The molecule has 0 radical (unpaired) electrons. The molecule has 1 aliphatic rings. The van der Waals surface area contributed by atoms with E-state index in [2.05, 4.69) is 5.32 Å². The second-order valence-electron chi connectivity index (χ2n) is 6.29. The largest absolute Gasteiger partial charge is 0.326 e. The molecule has 1 saturated heterocycles. The van der Waals surface area contributed by atoms with E-state index in [9.17, 15) is 9.59 Å². The Morgan fingerprint density at radius 2 is 1.64 bits per heavy atom. The zero-order valence-corrected chi connectivity index (χ0v) is 13.7. The first-order valence-electron chi connectivity index (χ1n) is 8.36. The lowest BCUT2D eigenvalue weighted by atomic mass is 10.1. The molecule has 0 aromatic heterocycles. The zero-order chi connectivity index (χ0) is 17.2. The molecule has 1 N–H and O–H groups in total. The van der Waals surface area contributed by atoms with E-state index in [1.54, 1.807) is 4.90 Å². The second-order valence-corrected chi connectivity index (χ2v) is 6.29. The summed E-state index contributed by atoms with van der Waals surface area (Å²) in [7, 11) is 0. The van der Waals surface area contributed by atoms with Crippen LogP contribution in [0.4, 0.5) is 11.4 Å². The number of benzene rings is 3. The van der Waals surface area contributed by atoms with E-state index in [1.165, 1.54) is 0 Å². The summed E-state index contributed by atoms with van der Waals surface area (Å²) in [6.07, 6.45) is 0.244. The minimum absolute atomic E-state index is 0.00939. The highest BCUT2D eigenvalue weighted by atomic mass is 16.2. The van der Waals surface area contributed by atoms with Crippen LogP contribution in [0.3, 0.4) is 0 Å². The molecule has 0 bridgehead atoms. The highest BCUT2D eigenvalue weighted by Gasteiger charge is 2.35. The molecule has 1 atom stereocenters. The van der Waals surface area contributed by atoms with Gasteiger partial charge in [0.15, 0.2) is 0 Å². The Morgan fingerprint density at radius 1 is 0.920 bits per heavy atom. The molecule has 2 amide bonds. The monoisotopic (exact) mass is 330 g/mol. The van der Waals surface area contributed by atoms with E-state index in [4.69, 9.17) is 0 Å². The first-order chi connectivity index (χ1) is 12.2. The van der Waals surface area contributed by atoms with E-state index in [1.807, 2.05) is 72.8 Å². The van der Waals surface area contributed by atoms with Crippen LogP contribution in [-0.2, 0) is 9.59 Å². The lowest BCUT2D eigenvalue weighted by Crippen LogP contribution is -2.28. The van der Waals surface area contributed by atoms with Gasteiger partial charge in [0.05, 0.1) is 5.92 Å². The Bertz CT molecular complexity index is 937. The Morgan fingerprint density at radius 3 is 2.44 bits per heavy atom. The fourth-order valence-corrected chi connectivity index (χ4v) is 3.25. The summed E-state index contributed by atoms with van der Waals surface area (Å²) in [5, 5.41) is 5.16. The number of nitrogens with zero attached hydrogens (tertiary/aromatic N) is 1. The first kappa shape index (κ1) is 15.4. The van der Waals surface area contributed by atoms with Crippen molar-refractivity contribution in [1.29, 1.82) is 0 Å². The van der Waals surface area contributed by atoms with Crippen molar-refractivity contribution in [2.75, 3.05) is 16.8 Å². The van der Waals surface area contributed by atoms with E-state index in [-0.39, 0.29) is 24.2 Å². The number of rotatable bonds is 3. The summed E-state index contributed by atoms with van der Waals surface area (Å²) in [4.78, 5) is 26.5. The summed E-state index contributed by atoms with van der Waals surface area (Å²) < 4.78 is 0. The average Bonchev–Trinajstić information content (AvgIpc) is 3.04. The molecular weight excluding hydrogens is 312 g/mol. The van der Waals surface area contributed by atoms with Gasteiger partial charge >= 0.3 is 0 Å². The van der Waals surface area contributed by atoms with Gasteiger partial charge in [0.25, 0.3) is 0 Å². The molecule has 0 spiro atoms. The number of nitrogens with one attached hydrogen (secondary N) is 1. The molecule has 25 heavy (non-hydrogen) atoms. The second kappa shape index (κ2) is 6.40. The normalized spacial score (nSPS) is 17.0. The third-order valence-electron chi connectivity index (χ3n) is 4.58. The Hall–Kier alpha value is -3.14. The predicted molar refractivity (Wildman–Crippen MR) is 99.5 cm³/mol. The van der Waals surface area contributed by atoms with Gasteiger partial charge in [-0.1, -0.05) is 48.5 Å². The van der Waals surface area contributed by atoms with Gasteiger partial charge in [0, 0.05) is 24.3 Å². The number of amides is 2. The average molecular weight is 330 g/mol. The van der Waals surface area contributed by atoms with E-state index >= 15 is 0 Å². The molecule has 4 rings (SSSR count). The molecule has 1 aliphatic heterocycles. The number of para-hydroxylation sites is 1. The van der Waals surface area contributed by atoms with Crippen LogP contribution in [0, 0.1) is 5.92 Å². The summed E-state index contributed by atoms with van der Waals surface area (Å²) in [5.41, 5.74) is 1.60. The van der Waals surface area contributed by atoms with Crippen LogP contribution in [-0.4, -0.2) is 18.4 Å². The van der Waals surface area contributed by atoms with E-state index in [0.717, 1.165) is 22.1 Å². The van der Waals surface area contributed by atoms with Crippen molar-refractivity contribution in [2.45, 2.75) is 6.42 Å². The van der Waals surface area contributed by atoms with Crippen molar-refractivity contribution in [3.63, 3.8) is 0 Å². The van der Waals surface area contributed by atoms with Crippen molar-refractivity contribution < 1.29 is 9.59 Å². The molecule has 1 unspecified atom stereocenters. The fraction of sp³-hybridized carbons (Fsp3) is 0.143. The maximum atomic E-state index is 12.6. The molecule has 4 heteroatoms. The number of anilines is 2. The Labute approximate surface area is 146 Å². The van der Waals surface area contributed by atoms with Crippen LogP contribution in [0.5, 0.6) is 0 Å². The van der Waals surface area contributed by atoms with E-state index in [0.29, 0.717) is 6.54 Å². The fourth-order valence-electron chi connectivity index (χ4n) is 3.25. The van der Waals surface area contributed by atoms with Crippen molar-refractivity contribution >= 4 is 34.0 Å². The summed E-state index contributed by atoms with van der Waals surface area (Å²) in [6.45, 7) is 0.419. The van der Waals surface area contributed by atoms with Gasteiger partial charge in [-0.15, -0.1) is 0 Å². The molecule has 1 heterocycles. The topological polar surface area (TPSA) is 49.4 Å². The van der Waals surface area contributed by atoms with Crippen LogP contribution in [0.15, 0.2) is 72.8 Å². The van der Waals surface area contributed by atoms with Crippen LogP contribution in [0.1, 0.15) is 6.42 Å². The first-order valence-corrected chi connectivity index (χ1v) is 8.36. The van der Waals surface area contributed by atoms with Crippen LogP contribution in [0.2, 0.25) is 0 Å². The predicted octanol–water partition coefficient (Wildman–Crippen LogP) is 3.83. The maximum Gasteiger partial charge on any atom is 0.229 e. The van der Waals surface area contributed by atoms with Crippen LogP contribution < -0.4 is 10.2 Å². The molecule has 0 saturated carbocycles. The Kier molecular flexibility index (Phi) is 3.94. The minimum atomic E-state index is -0.334.